The van der Waals surface area contributed by atoms with Crippen molar-refractivity contribution in [3.63, 3.8) is 0 Å². The molecule has 1 aromatic carbocycles. The number of amides is 1. The second-order valence-corrected chi connectivity index (χ2v) is 7.19. The van der Waals surface area contributed by atoms with Gasteiger partial charge in [0.15, 0.2) is 0 Å². The van der Waals surface area contributed by atoms with Crippen LogP contribution in [0.25, 0.3) is 0 Å². The normalized spacial score (nSPS) is 15.5. The van der Waals surface area contributed by atoms with Crippen molar-refractivity contribution in [3.05, 3.63) is 45.9 Å². The summed E-state index contributed by atoms with van der Waals surface area (Å²) in [6.07, 6.45) is 2.19. The average Bonchev–Trinajstić information content (AvgIpc) is 3.01. The number of benzene rings is 1. The number of thiazole rings is 1. The number of hydrogen-bond donors (Lipinski definition) is 2. The lowest BCUT2D eigenvalue weighted by atomic mass is 10.1. The molecule has 0 spiro atoms. The summed E-state index contributed by atoms with van der Waals surface area (Å²) < 4.78 is 0. The number of nitrogens with one attached hydrogen (secondary N) is 1. The highest BCUT2D eigenvalue weighted by molar-refractivity contribution is 7.09. The monoisotopic (exact) mass is 345 g/mol. The second kappa shape index (κ2) is 7.77. The van der Waals surface area contributed by atoms with E-state index in [9.17, 15) is 9.90 Å². The van der Waals surface area contributed by atoms with Crippen molar-refractivity contribution in [2.24, 2.45) is 0 Å². The third-order valence-electron chi connectivity index (χ3n) is 4.29. The van der Waals surface area contributed by atoms with E-state index in [0.717, 1.165) is 48.7 Å². The smallest absolute Gasteiger partial charge is 0.251 e. The fourth-order valence-corrected chi connectivity index (χ4v) is 3.52. The highest BCUT2D eigenvalue weighted by atomic mass is 32.1. The summed E-state index contributed by atoms with van der Waals surface area (Å²) in [5.74, 6) is -0.0532. The number of hydrogen-bond acceptors (Lipinski definition) is 5. The van der Waals surface area contributed by atoms with Gasteiger partial charge in [0.25, 0.3) is 5.91 Å². The molecule has 128 valence electrons. The summed E-state index contributed by atoms with van der Waals surface area (Å²) in [6.45, 7) is 4.30. The molecule has 1 aliphatic heterocycles. The minimum Gasteiger partial charge on any atom is -0.393 e. The molecule has 3 rings (SSSR count). The van der Waals surface area contributed by atoms with Gasteiger partial charge in [-0.3, -0.25) is 4.79 Å². The van der Waals surface area contributed by atoms with Crippen LogP contribution in [0.5, 0.6) is 0 Å². The Morgan fingerprint density at radius 2 is 2.04 bits per heavy atom. The first kappa shape index (κ1) is 16.9. The molecule has 2 N–H and O–H groups in total. The average molecular weight is 345 g/mol. The summed E-state index contributed by atoms with van der Waals surface area (Å²) in [7, 11) is 0. The summed E-state index contributed by atoms with van der Waals surface area (Å²) >= 11 is 1.63. The van der Waals surface area contributed by atoms with E-state index < -0.39 is 0 Å². The van der Waals surface area contributed by atoms with Gasteiger partial charge in [-0.15, -0.1) is 11.3 Å². The van der Waals surface area contributed by atoms with Crippen molar-refractivity contribution in [2.75, 3.05) is 24.5 Å². The Labute approximate surface area is 146 Å². The zero-order valence-electron chi connectivity index (χ0n) is 13.9. The number of nitrogens with zero attached hydrogens (tertiary/aromatic N) is 2. The van der Waals surface area contributed by atoms with E-state index in [2.05, 4.69) is 15.2 Å². The Kier molecular flexibility index (Phi) is 5.48. The minimum absolute atomic E-state index is 0.0532. The summed E-state index contributed by atoms with van der Waals surface area (Å²) in [5.41, 5.74) is 2.81. The number of carbonyl (C=O) groups excluding carboxylic acids is 1. The number of carbonyl (C=O) groups is 1. The van der Waals surface area contributed by atoms with Crippen molar-refractivity contribution in [2.45, 2.75) is 32.3 Å². The van der Waals surface area contributed by atoms with Crippen molar-refractivity contribution in [3.8, 4) is 0 Å². The minimum atomic E-state index is -0.173. The zero-order chi connectivity index (χ0) is 16.9. The number of aromatic nitrogens is 1. The predicted molar refractivity (Wildman–Crippen MR) is 96.8 cm³/mol. The maximum absolute atomic E-state index is 12.2. The van der Waals surface area contributed by atoms with Gasteiger partial charge in [0.1, 0.15) is 0 Å². The van der Waals surface area contributed by atoms with E-state index in [0.29, 0.717) is 12.1 Å². The molecule has 1 saturated heterocycles. The van der Waals surface area contributed by atoms with E-state index in [-0.39, 0.29) is 12.0 Å². The largest absolute Gasteiger partial charge is 0.393 e. The Morgan fingerprint density at radius 1 is 1.33 bits per heavy atom. The van der Waals surface area contributed by atoms with Gasteiger partial charge in [-0.2, -0.15) is 0 Å². The van der Waals surface area contributed by atoms with Crippen molar-refractivity contribution in [1.29, 1.82) is 0 Å². The van der Waals surface area contributed by atoms with E-state index in [1.807, 2.05) is 36.6 Å². The van der Waals surface area contributed by atoms with Gasteiger partial charge in [-0.25, -0.2) is 4.98 Å². The van der Waals surface area contributed by atoms with E-state index in [1.165, 1.54) is 0 Å². The molecule has 2 aromatic rings. The van der Waals surface area contributed by atoms with Gasteiger partial charge >= 0.3 is 0 Å². The molecule has 6 heteroatoms. The van der Waals surface area contributed by atoms with Gasteiger partial charge in [-0.1, -0.05) is 0 Å². The molecule has 0 atom stereocenters. The maximum Gasteiger partial charge on any atom is 0.251 e. The molecule has 1 aliphatic rings. The van der Waals surface area contributed by atoms with Crippen LogP contribution in [0.4, 0.5) is 5.69 Å². The van der Waals surface area contributed by atoms with Crippen LogP contribution in [-0.4, -0.2) is 41.7 Å². The molecule has 0 aliphatic carbocycles. The second-order valence-electron chi connectivity index (χ2n) is 6.13. The molecule has 0 saturated carbocycles. The van der Waals surface area contributed by atoms with Crippen LogP contribution in [0.1, 0.15) is 33.9 Å². The first-order chi connectivity index (χ1) is 11.6. The fourth-order valence-electron chi connectivity index (χ4n) is 2.88. The Balaban J connectivity index is 1.50. The molecule has 5 nitrogen and oxygen atoms in total. The van der Waals surface area contributed by atoms with Crippen molar-refractivity contribution < 1.29 is 9.90 Å². The molecule has 1 aromatic heterocycles. The number of anilines is 1. The number of rotatable bonds is 5. The van der Waals surface area contributed by atoms with Crippen molar-refractivity contribution >= 4 is 22.9 Å². The van der Waals surface area contributed by atoms with Crippen LogP contribution in [-0.2, 0) is 6.42 Å². The summed E-state index contributed by atoms with van der Waals surface area (Å²) in [6, 6.07) is 7.69. The van der Waals surface area contributed by atoms with Crippen LogP contribution in [0.15, 0.2) is 29.6 Å². The van der Waals surface area contributed by atoms with E-state index >= 15 is 0 Å². The highest BCUT2D eigenvalue weighted by Gasteiger charge is 2.17. The molecule has 2 heterocycles. The Bertz CT molecular complexity index is 676. The lowest BCUT2D eigenvalue weighted by molar-refractivity contribution is 0.0954. The summed E-state index contributed by atoms with van der Waals surface area (Å²) in [5, 5.41) is 15.6. The van der Waals surface area contributed by atoms with Crippen LogP contribution < -0.4 is 10.2 Å². The van der Waals surface area contributed by atoms with Crippen LogP contribution in [0.3, 0.4) is 0 Å². The molecule has 0 radical (unpaired) electrons. The maximum atomic E-state index is 12.2. The highest BCUT2D eigenvalue weighted by Crippen LogP contribution is 2.20. The predicted octanol–water partition coefficient (Wildman–Crippen LogP) is 2.39. The standard InChI is InChI=1S/C18H23N3O2S/c1-13-20-15(12-24-13)6-9-19-18(23)14-2-4-16(5-3-14)21-10-7-17(22)8-11-21/h2-5,12,17,22H,6-11H2,1H3,(H,19,23). The Hall–Kier alpha value is -1.92. The number of aliphatic hydroxyl groups is 1. The number of aryl methyl sites for hydroxylation is 1. The van der Waals surface area contributed by atoms with Gasteiger partial charge < -0.3 is 15.3 Å². The van der Waals surface area contributed by atoms with Crippen LogP contribution in [0.2, 0.25) is 0 Å². The molecule has 24 heavy (non-hydrogen) atoms. The fraction of sp³-hybridized carbons (Fsp3) is 0.444. The molecular weight excluding hydrogens is 322 g/mol. The lowest BCUT2D eigenvalue weighted by Gasteiger charge is -2.31. The quantitative estimate of drug-likeness (QED) is 0.873. The SMILES string of the molecule is Cc1nc(CCNC(=O)c2ccc(N3CCC(O)CC3)cc2)cs1. The zero-order valence-corrected chi connectivity index (χ0v) is 14.7. The van der Waals surface area contributed by atoms with Gasteiger partial charge in [0.2, 0.25) is 0 Å². The topological polar surface area (TPSA) is 65.5 Å². The van der Waals surface area contributed by atoms with Crippen LogP contribution in [0, 0.1) is 6.92 Å². The first-order valence-electron chi connectivity index (χ1n) is 8.34. The molecule has 0 bridgehead atoms. The summed E-state index contributed by atoms with van der Waals surface area (Å²) in [4.78, 5) is 18.8. The number of piperidine rings is 1. The molecule has 0 unspecified atom stereocenters. The first-order valence-corrected chi connectivity index (χ1v) is 9.22. The van der Waals surface area contributed by atoms with E-state index in [1.54, 1.807) is 11.3 Å². The third-order valence-corrected chi connectivity index (χ3v) is 5.11. The van der Waals surface area contributed by atoms with Gasteiger partial charge in [0.05, 0.1) is 16.8 Å². The van der Waals surface area contributed by atoms with Crippen LogP contribution >= 0.6 is 11.3 Å². The third kappa shape index (κ3) is 4.33. The molecule has 1 fully saturated rings. The number of aliphatic hydroxyl groups excluding tert-OH is 1. The van der Waals surface area contributed by atoms with Gasteiger partial charge in [-0.05, 0) is 44.0 Å². The van der Waals surface area contributed by atoms with Crippen molar-refractivity contribution in [1.82, 2.24) is 10.3 Å². The lowest BCUT2D eigenvalue weighted by Crippen LogP contribution is -2.35. The van der Waals surface area contributed by atoms with Gasteiger partial charge in [0, 0.05) is 42.7 Å². The van der Waals surface area contributed by atoms with E-state index in [4.69, 9.17) is 0 Å². The molecule has 1 amide bonds. The Morgan fingerprint density at radius 3 is 2.67 bits per heavy atom. The molecular formula is C18H23N3O2S.